The minimum absolute atomic E-state index is 0.429. The van der Waals surface area contributed by atoms with Crippen molar-refractivity contribution >= 4 is 5.78 Å². The molecule has 1 aliphatic rings. The minimum atomic E-state index is 0.429. The third kappa shape index (κ3) is 2.29. The monoisotopic (exact) mass is 279 g/mol. The van der Waals surface area contributed by atoms with Gasteiger partial charge >= 0.3 is 0 Å². The molecule has 1 aliphatic heterocycles. The molecule has 0 aliphatic carbocycles. The SMILES string of the molecule is c1cc(CN2CCCC2c2ccnc3nccn23)ccn1. The highest BCUT2D eigenvalue weighted by Crippen LogP contribution is 2.32. The summed E-state index contributed by atoms with van der Waals surface area (Å²) in [5.74, 6) is 0.781. The molecule has 5 nitrogen and oxygen atoms in total. The van der Waals surface area contributed by atoms with E-state index < -0.39 is 0 Å². The number of hydrogen-bond acceptors (Lipinski definition) is 4. The van der Waals surface area contributed by atoms with Gasteiger partial charge in [-0.25, -0.2) is 9.97 Å². The van der Waals surface area contributed by atoms with Crippen LogP contribution in [0.5, 0.6) is 0 Å². The first kappa shape index (κ1) is 12.5. The van der Waals surface area contributed by atoms with Gasteiger partial charge in [0.15, 0.2) is 0 Å². The third-order valence-electron chi connectivity index (χ3n) is 4.17. The summed E-state index contributed by atoms with van der Waals surface area (Å²) < 4.78 is 2.11. The molecule has 4 rings (SSSR count). The summed E-state index contributed by atoms with van der Waals surface area (Å²) in [6.07, 6.45) is 11.8. The summed E-state index contributed by atoms with van der Waals surface area (Å²) in [7, 11) is 0. The third-order valence-corrected chi connectivity index (χ3v) is 4.17. The highest BCUT2D eigenvalue weighted by molar-refractivity contribution is 5.31. The molecule has 21 heavy (non-hydrogen) atoms. The fourth-order valence-corrected chi connectivity index (χ4v) is 3.20. The lowest BCUT2D eigenvalue weighted by Crippen LogP contribution is -2.24. The Balaban J connectivity index is 1.66. The van der Waals surface area contributed by atoms with Gasteiger partial charge in [-0.15, -0.1) is 0 Å². The zero-order valence-corrected chi connectivity index (χ0v) is 11.8. The van der Waals surface area contributed by atoms with Crippen molar-refractivity contribution in [3.63, 3.8) is 0 Å². The Bertz CT molecular complexity index is 737. The van der Waals surface area contributed by atoms with Crippen molar-refractivity contribution in [1.82, 2.24) is 24.3 Å². The summed E-state index contributed by atoms with van der Waals surface area (Å²) >= 11 is 0. The molecule has 106 valence electrons. The maximum atomic E-state index is 4.31. The van der Waals surface area contributed by atoms with Crippen molar-refractivity contribution in [3.05, 3.63) is 60.4 Å². The van der Waals surface area contributed by atoms with E-state index >= 15 is 0 Å². The van der Waals surface area contributed by atoms with E-state index in [9.17, 15) is 0 Å². The first-order valence-electron chi connectivity index (χ1n) is 7.33. The molecule has 0 aromatic carbocycles. The Morgan fingerprint density at radius 1 is 1.05 bits per heavy atom. The number of likely N-dealkylation sites (tertiary alicyclic amines) is 1. The van der Waals surface area contributed by atoms with Gasteiger partial charge in [-0.2, -0.15) is 0 Å². The van der Waals surface area contributed by atoms with Crippen molar-refractivity contribution in [2.75, 3.05) is 6.54 Å². The van der Waals surface area contributed by atoms with Crippen LogP contribution in [-0.4, -0.2) is 30.8 Å². The van der Waals surface area contributed by atoms with Crippen LogP contribution in [0.25, 0.3) is 5.78 Å². The molecule has 0 N–H and O–H groups in total. The van der Waals surface area contributed by atoms with Gasteiger partial charge in [0, 0.05) is 43.2 Å². The summed E-state index contributed by atoms with van der Waals surface area (Å²) in [4.78, 5) is 15.2. The maximum absolute atomic E-state index is 4.31. The van der Waals surface area contributed by atoms with E-state index in [0.717, 1.165) is 18.9 Å². The lowest BCUT2D eigenvalue weighted by atomic mass is 10.1. The van der Waals surface area contributed by atoms with Crippen molar-refractivity contribution in [1.29, 1.82) is 0 Å². The first-order chi connectivity index (χ1) is 10.4. The fraction of sp³-hybridized carbons (Fsp3) is 0.312. The number of hydrogen-bond donors (Lipinski definition) is 0. The van der Waals surface area contributed by atoms with E-state index in [1.807, 2.05) is 31.0 Å². The number of rotatable bonds is 3. The van der Waals surface area contributed by atoms with Crippen molar-refractivity contribution < 1.29 is 0 Å². The summed E-state index contributed by atoms with van der Waals surface area (Å²) in [6.45, 7) is 2.09. The van der Waals surface area contributed by atoms with Gasteiger partial charge in [0.2, 0.25) is 5.78 Å². The van der Waals surface area contributed by atoms with Gasteiger partial charge in [-0.05, 0) is 43.1 Å². The van der Waals surface area contributed by atoms with Crippen LogP contribution in [0.15, 0.2) is 49.2 Å². The fourth-order valence-electron chi connectivity index (χ4n) is 3.20. The second-order valence-electron chi connectivity index (χ2n) is 5.45. The number of fused-ring (bicyclic) bond motifs is 1. The van der Waals surface area contributed by atoms with Gasteiger partial charge < -0.3 is 0 Å². The Morgan fingerprint density at radius 2 is 1.90 bits per heavy atom. The summed E-state index contributed by atoms with van der Waals surface area (Å²) in [6, 6.07) is 6.73. The van der Waals surface area contributed by atoms with Crippen LogP contribution >= 0.6 is 0 Å². The van der Waals surface area contributed by atoms with E-state index in [2.05, 4.69) is 42.5 Å². The number of pyridine rings is 1. The largest absolute Gasteiger partial charge is 0.291 e. The molecule has 0 bridgehead atoms. The summed E-state index contributed by atoms with van der Waals surface area (Å²) in [5.41, 5.74) is 2.59. The second kappa shape index (κ2) is 5.26. The molecule has 1 unspecified atom stereocenters. The minimum Gasteiger partial charge on any atom is -0.291 e. The van der Waals surface area contributed by atoms with E-state index in [0.29, 0.717) is 6.04 Å². The average Bonchev–Trinajstić information content (AvgIpc) is 3.16. The van der Waals surface area contributed by atoms with Gasteiger partial charge in [0.25, 0.3) is 0 Å². The van der Waals surface area contributed by atoms with Gasteiger partial charge in [-0.1, -0.05) is 0 Å². The van der Waals surface area contributed by atoms with Crippen molar-refractivity contribution in [2.45, 2.75) is 25.4 Å². The Morgan fingerprint density at radius 3 is 2.81 bits per heavy atom. The molecule has 3 aromatic rings. The molecule has 3 aromatic heterocycles. The lowest BCUT2D eigenvalue weighted by molar-refractivity contribution is 0.243. The molecular weight excluding hydrogens is 262 g/mol. The van der Waals surface area contributed by atoms with E-state index in [4.69, 9.17) is 0 Å². The predicted molar refractivity (Wildman–Crippen MR) is 79.6 cm³/mol. The molecule has 1 atom stereocenters. The van der Waals surface area contributed by atoms with Gasteiger partial charge in [0.05, 0.1) is 6.04 Å². The zero-order valence-electron chi connectivity index (χ0n) is 11.8. The lowest BCUT2D eigenvalue weighted by Gasteiger charge is -2.25. The number of nitrogens with zero attached hydrogens (tertiary/aromatic N) is 5. The standard InChI is InChI=1S/C16H17N5/c1-2-14(15-5-8-18-16-19-9-11-21(15)16)20(10-1)12-13-3-6-17-7-4-13/h3-9,11,14H,1-2,10,12H2. The Kier molecular flexibility index (Phi) is 3.12. The first-order valence-corrected chi connectivity index (χ1v) is 7.33. The molecule has 0 radical (unpaired) electrons. The van der Waals surface area contributed by atoms with Crippen LogP contribution in [0.3, 0.4) is 0 Å². The number of aromatic nitrogens is 4. The molecule has 0 spiro atoms. The normalized spacial score (nSPS) is 19.3. The molecule has 0 amide bonds. The van der Waals surface area contributed by atoms with Gasteiger partial charge in [0.1, 0.15) is 0 Å². The van der Waals surface area contributed by atoms with Crippen LogP contribution in [0.4, 0.5) is 0 Å². The van der Waals surface area contributed by atoms with Crippen molar-refractivity contribution in [2.24, 2.45) is 0 Å². The zero-order chi connectivity index (χ0) is 14.1. The smallest absolute Gasteiger partial charge is 0.233 e. The highest BCUT2D eigenvalue weighted by Gasteiger charge is 2.27. The van der Waals surface area contributed by atoms with E-state index in [1.165, 1.54) is 24.1 Å². The highest BCUT2D eigenvalue weighted by atomic mass is 15.2. The van der Waals surface area contributed by atoms with Crippen LogP contribution in [0.1, 0.15) is 30.1 Å². The van der Waals surface area contributed by atoms with Crippen LogP contribution in [0, 0.1) is 0 Å². The molecule has 0 saturated carbocycles. The molecular formula is C16H17N5. The number of imidazole rings is 1. The molecule has 5 heteroatoms. The topological polar surface area (TPSA) is 46.3 Å². The van der Waals surface area contributed by atoms with E-state index in [1.54, 1.807) is 0 Å². The average molecular weight is 279 g/mol. The molecule has 1 saturated heterocycles. The molecule has 1 fully saturated rings. The second-order valence-corrected chi connectivity index (χ2v) is 5.45. The van der Waals surface area contributed by atoms with Crippen LogP contribution in [-0.2, 0) is 6.54 Å². The Hall–Kier alpha value is -2.27. The quantitative estimate of drug-likeness (QED) is 0.739. The van der Waals surface area contributed by atoms with Crippen LogP contribution in [0.2, 0.25) is 0 Å². The van der Waals surface area contributed by atoms with E-state index in [-0.39, 0.29) is 0 Å². The predicted octanol–water partition coefficient (Wildman–Crippen LogP) is 2.46. The van der Waals surface area contributed by atoms with Crippen molar-refractivity contribution in [3.8, 4) is 0 Å². The van der Waals surface area contributed by atoms with Gasteiger partial charge in [-0.3, -0.25) is 14.3 Å². The maximum Gasteiger partial charge on any atom is 0.233 e. The van der Waals surface area contributed by atoms with Crippen LogP contribution < -0.4 is 0 Å². The summed E-state index contributed by atoms with van der Waals surface area (Å²) in [5, 5.41) is 0. The molecule has 4 heterocycles. The Labute approximate surface area is 123 Å².